The molecule has 106 valence electrons. The van der Waals surface area contributed by atoms with Crippen molar-refractivity contribution < 1.29 is 13.5 Å². The van der Waals surface area contributed by atoms with E-state index in [-0.39, 0.29) is 11.6 Å². The van der Waals surface area contributed by atoms with Crippen LogP contribution in [0, 0.1) is 11.6 Å². The normalized spacial score (nSPS) is 10.2. The maximum absolute atomic E-state index is 13.7. The van der Waals surface area contributed by atoms with Crippen molar-refractivity contribution in [2.75, 3.05) is 24.8 Å². The van der Waals surface area contributed by atoms with Gasteiger partial charge in [-0.3, -0.25) is 0 Å². The van der Waals surface area contributed by atoms with E-state index < -0.39 is 11.6 Å². The Morgan fingerprint density at radius 1 is 1.15 bits per heavy atom. The molecule has 0 aliphatic heterocycles. The van der Waals surface area contributed by atoms with E-state index in [0.29, 0.717) is 15.9 Å². The molecule has 2 N–H and O–H groups in total. The van der Waals surface area contributed by atoms with Gasteiger partial charge in [0.25, 0.3) is 0 Å². The average molecular weight is 344 g/mol. The lowest BCUT2D eigenvalue weighted by Crippen LogP contribution is -2.04. The molecule has 0 fully saturated rings. The molecule has 0 saturated carbocycles. The molecule has 0 aliphatic carbocycles. The number of hydrogen-bond acceptors (Lipinski definition) is 4. The molecule has 0 radical (unpaired) electrons. The Morgan fingerprint density at radius 2 is 1.85 bits per heavy atom. The van der Waals surface area contributed by atoms with Crippen molar-refractivity contribution in [3.63, 3.8) is 0 Å². The van der Waals surface area contributed by atoms with Crippen molar-refractivity contribution in [1.82, 2.24) is 4.98 Å². The minimum Gasteiger partial charge on any atom is -0.497 e. The van der Waals surface area contributed by atoms with Gasteiger partial charge in [0.1, 0.15) is 5.75 Å². The van der Waals surface area contributed by atoms with Crippen LogP contribution >= 0.6 is 15.9 Å². The number of pyridine rings is 1. The quantitative estimate of drug-likeness (QED) is 0.883. The van der Waals surface area contributed by atoms with E-state index >= 15 is 0 Å². The van der Waals surface area contributed by atoms with Crippen LogP contribution in [-0.2, 0) is 0 Å². The zero-order valence-corrected chi connectivity index (χ0v) is 12.4. The Balaban J connectivity index is 2.39. The fourth-order valence-corrected chi connectivity index (χ4v) is 1.93. The summed E-state index contributed by atoms with van der Waals surface area (Å²) >= 11 is 3.33. The molecule has 0 bridgehead atoms. The maximum Gasteiger partial charge on any atom is 0.169 e. The lowest BCUT2D eigenvalue weighted by atomic mass is 10.3. The first-order chi connectivity index (χ1) is 9.55. The Hall–Kier alpha value is -1.89. The minimum absolute atomic E-state index is 0.0343. The van der Waals surface area contributed by atoms with Gasteiger partial charge in [0.2, 0.25) is 0 Å². The number of halogens is 3. The molecule has 2 aromatic rings. The molecule has 7 heteroatoms. The van der Waals surface area contributed by atoms with Crippen LogP contribution in [0.2, 0.25) is 0 Å². The van der Waals surface area contributed by atoms with Gasteiger partial charge in [-0.2, -0.15) is 0 Å². The molecule has 0 aliphatic rings. The van der Waals surface area contributed by atoms with Gasteiger partial charge in [-0.25, -0.2) is 13.8 Å². The van der Waals surface area contributed by atoms with Crippen LogP contribution in [0.5, 0.6) is 5.75 Å². The zero-order valence-electron chi connectivity index (χ0n) is 10.8. The highest BCUT2D eigenvalue weighted by Gasteiger charge is 2.12. The summed E-state index contributed by atoms with van der Waals surface area (Å²) in [6, 6.07) is 5.95. The molecule has 1 heterocycles. The summed E-state index contributed by atoms with van der Waals surface area (Å²) in [5.41, 5.74) is 0.560. The van der Waals surface area contributed by atoms with E-state index in [1.165, 1.54) is 14.2 Å². The highest BCUT2D eigenvalue weighted by atomic mass is 79.9. The SMILES string of the molecule is CNc1nc(Nc2cc(OC)ccc2Br)c(F)cc1F. The highest BCUT2D eigenvalue weighted by Crippen LogP contribution is 2.30. The summed E-state index contributed by atoms with van der Waals surface area (Å²) in [6.07, 6.45) is 0. The third-order valence-electron chi connectivity index (χ3n) is 2.59. The van der Waals surface area contributed by atoms with Gasteiger partial charge in [0.15, 0.2) is 23.3 Å². The van der Waals surface area contributed by atoms with E-state index in [2.05, 4.69) is 31.5 Å². The highest BCUT2D eigenvalue weighted by molar-refractivity contribution is 9.10. The largest absolute Gasteiger partial charge is 0.497 e. The van der Waals surface area contributed by atoms with Gasteiger partial charge in [0, 0.05) is 23.7 Å². The second kappa shape index (κ2) is 6.04. The molecular weight excluding hydrogens is 332 g/mol. The van der Waals surface area contributed by atoms with Gasteiger partial charge in [0.05, 0.1) is 12.8 Å². The van der Waals surface area contributed by atoms with Crippen LogP contribution in [0.25, 0.3) is 0 Å². The predicted molar refractivity (Wildman–Crippen MR) is 77.7 cm³/mol. The molecule has 4 nitrogen and oxygen atoms in total. The predicted octanol–water partition coefficient (Wildman–Crippen LogP) is 3.92. The van der Waals surface area contributed by atoms with E-state index in [0.717, 1.165) is 6.07 Å². The Morgan fingerprint density at radius 3 is 2.50 bits per heavy atom. The number of hydrogen-bond donors (Lipinski definition) is 2. The van der Waals surface area contributed by atoms with E-state index in [9.17, 15) is 8.78 Å². The van der Waals surface area contributed by atoms with E-state index in [4.69, 9.17) is 4.74 Å². The molecule has 1 aromatic heterocycles. The molecular formula is C13H12BrF2N3O. The Kier molecular flexibility index (Phi) is 4.39. The molecule has 2 rings (SSSR count). The van der Waals surface area contributed by atoms with Crippen LogP contribution in [0.3, 0.4) is 0 Å². The smallest absolute Gasteiger partial charge is 0.169 e. The standard InChI is InChI=1S/C13H12BrF2N3O/c1-17-12-9(15)6-10(16)13(19-12)18-11-5-7(20-2)3-4-8(11)14/h3-6H,1-2H3,(H2,17,18,19). The second-order valence-electron chi connectivity index (χ2n) is 3.87. The topological polar surface area (TPSA) is 46.2 Å². The van der Waals surface area contributed by atoms with Gasteiger partial charge < -0.3 is 15.4 Å². The number of anilines is 3. The molecule has 20 heavy (non-hydrogen) atoms. The summed E-state index contributed by atoms with van der Waals surface area (Å²) < 4.78 is 32.9. The summed E-state index contributed by atoms with van der Waals surface area (Å²) in [5, 5.41) is 5.35. The van der Waals surface area contributed by atoms with Crippen molar-refractivity contribution in [3.05, 3.63) is 40.4 Å². The first kappa shape index (κ1) is 14.5. The number of aromatic nitrogens is 1. The fourth-order valence-electron chi connectivity index (χ4n) is 1.58. The first-order valence-corrected chi connectivity index (χ1v) is 6.48. The zero-order chi connectivity index (χ0) is 14.7. The maximum atomic E-state index is 13.7. The minimum atomic E-state index is -0.781. The first-order valence-electron chi connectivity index (χ1n) is 5.69. The number of methoxy groups -OCH3 is 1. The molecule has 1 aromatic carbocycles. The fraction of sp³-hybridized carbons (Fsp3) is 0.154. The van der Waals surface area contributed by atoms with Crippen molar-refractivity contribution in [2.24, 2.45) is 0 Å². The lowest BCUT2D eigenvalue weighted by Gasteiger charge is -2.12. The van der Waals surface area contributed by atoms with Crippen LogP contribution in [-0.4, -0.2) is 19.1 Å². The summed E-state index contributed by atoms with van der Waals surface area (Å²) in [7, 11) is 3.04. The average Bonchev–Trinajstić information content (AvgIpc) is 2.44. The Bertz CT molecular complexity index is 637. The lowest BCUT2D eigenvalue weighted by molar-refractivity contribution is 0.415. The summed E-state index contributed by atoms with van der Waals surface area (Å²) in [5.74, 6) is -1.04. The summed E-state index contributed by atoms with van der Waals surface area (Å²) in [4.78, 5) is 3.85. The van der Waals surface area contributed by atoms with Crippen molar-refractivity contribution >= 4 is 33.3 Å². The van der Waals surface area contributed by atoms with Crippen LogP contribution < -0.4 is 15.4 Å². The molecule has 0 spiro atoms. The van der Waals surface area contributed by atoms with Gasteiger partial charge in [-0.05, 0) is 28.1 Å². The number of nitrogens with one attached hydrogen (secondary N) is 2. The molecule has 0 saturated heterocycles. The van der Waals surface area contributed by atoms with E-state index in [1.807, 2.05) is 0 Å². The van der Waals surface area contributed by atoms with Crippen molar-refractivity contribution in [1.29, 1.82) is 0 Å². The Labute approximate surface area is 123 Å². The van der Waals surface area contributed by atoms with Crippen LogP contribution in [0.15, 0.2) is 28.7 Å². The van der Waals surface area contributed by atoms with E-state index in [1.54, 1.807) is 18.2 Å². The number of ether oxygens (including phenoxy) is 1. The molecule has 0 atom stereocenters. The number of rotatable bonds is 4. The monoisotopic (exact) mass is 343 g/mol. The number of nitrogens with zero attached hydrogens (tertiary/aromatic N) is 1. The third kappa shape index (κ3) is 2.98. The van der Waals surface area contributed by atoms with Crippen molar-refractivity contribution in [2.45, 2.75) is 0 Å². The second-order valence-corrected chi connectivity index (χ2v) is 4.72. The van der Waals surface area contributed by atoms with Crippen LogP contribution in [0.4, 0.5) is 26.1 Å². The van der Waals surface area contributed by atoms with Gasteiger partial charge in [-0.15, -0.1) is 0 Å². The van der Waals surface area contributed by atoms with Crippen molar-refractivity contribution in [3.8, 4) is 5.75 Å². The van der Waals surface area contributed by atoms with Crippen LogP contribution in [0.1, 0.15) is 0 Å². The third-order valence-corrected chi connectivity index (χ3v) is 3.28. The van der Waals surface area contributed by atoms with Gasteiger partial charge in [-0.1, -0.05) is 0 Å². The number of benzene rings is 1. The molecule has 0 unspecified atom stereocenters. The van der Waals surface area contributed by atoms with Gasteiger partial charge >= 0.3 is 0 Å². The summed E-state index contributed by atoms with van der Waals surface area (Å²) in [6.45, 7) is 0. The molecule has 0 amide bonds.